The number of carbonyl (C=O) groups excluding carboxylic acids is 1. The van der Waals surface area contributed by atoms with Crippen molar-refractivity contribution in [2.45, 2.75) is 39.8 Å². The van der Waals surface area contributed by atoms with Gasteiger partial charge in [0.1, 0.15) is 5.56 Å². The fraction of sp³-hybridized carbons (Fsp3) is 0.500. The van der Waals surface area contributed by atoms with Crippen LogP contribution in [-0.2, 0) is 0 Å². The first-order chi connectivity index (χ1) is 8.81. The molecule has 0 bridgehead atoms. The highest BCUT2D eigenvalue weighted by atomic mass is 35.5. The molecule has 0 aliphatic rings. The van der Waals surface area contributed by atoms with Crippen molar-refractivity contribution in [1.29, 1.82) is 0 Å². The average Bonchev–Trinajstić information content (AvgIpc) is 2.30. The molecule has 1 amide bonds. The molecule has 0 atom stereocenters. The molecule has 1 rings (SSSR count). The lowest BCUT2D eigenvalue weighted by molar-refractivity contribution is 0.0640. The highest BCUT2D eigenvalue weighted by Crippen LogP contribution is 2.35. The standard InChI is InChI=1S/C14H19Cl2NO2/c1-8(2)17(9(3)4)14(18)12-10(15)6-7-11(16)13(12)19-5/h6-9H,1-5H3. The summed E-state index contributed by atoms with van der Waals surface area (Å²) in [6.45, 7) is 7.84. The maximum Gasteiger partial charge on any atom is 0.259 e. The van der Waals surface area contributed by atoms with E-state index in [0.717, 1.165) is 0 Å². The molecule has 0 aliphatic heterocycles. The van der Waals surface area contributed by atoms with E-state index >= 15 is 0 Å². The van der Waals surface area contributed by atoms with Crippen molar-refractivity contribution >= 4 is 29.1 Å². The molecule has 0 fully saturated rings. The number of halogens is 2. The van der Waals surface area contributed by atoms with Crippen LogP contribution in [0.25, 0.3) is 0 Å². The Bertz CT molecular complexity index is 465. The minimum atomic E-state index is -0.172. The highest BCUT2D eigenvalue weighted by Gasteiger charge is 2.27. The normalized spacial score (nSPS) is 11.0. The van der Waals surface area contributed by atoms with Gasteiger partial charge in [0.25, 0.3) is 5.91 Å². The number of carbonyl (C=O) groups is 1. The molecular formula is C14H19Cl2NO2. The van der Waals surface area contributed by atoms with Gasteiger partial charge in [0, 0.05) is 12.1 Å². The van der Waals surface area contributed by atoms with Crippen molar-refractivity contribution in [2.24, 2.45) is 0 Å². The van der Waals surface area contributed by atoms with Gasteiger partial charge in [-0.25, -0.2) is 0 Å². The molecule has 0 saturated carbocycles. The topological polar surface area (TPSA) is 29.5 Å². The van der Waals surface area contributed by atoms with E-state index in [4.69, 9.17) is 27.9 Å². The van der Waals surface area contributed by atoms with Crippen molar-refractivity contribution in [1.82, 2.24) is 4.90 Å². The summed E-state index contributed by atoms with van der Waals surface area (Å²) in [6, 6.07) is 3.35. The van der Waals surface area contributed by atoms with E-state index in [1.54, 1.807) is 17.0 Å². The van der Waals surface area contributed by atoms with Gasteiger partial charge in [0.2, 0.25) is 0 Å². The Morgan fingerprint density at radius 3 is 2.00 bits per heavy atom. The van der Waals surface area contributed by atoms with Crippen molar-refractivity contribution in [3.05, 3.63) is 27.7 Å². The van der Waals surface area contributed by atoms with Gasteiger partial charge in [-0.3, -0.25) is 4.79 Å². The second kappa shape index (κ2) is 6.49. The number of amides is 1. The quantitative estimate of drug-likeness (QED) is 0.831. The van der Waals surface area contributed by atoms with Gasteiger partial charge in [-0.2, -0.15) is 0 Å². The summed E-state index contributed by atoms with van der Waals surface area (Å²) in [5, 5.41) is 0.722. The van der Waals surface area contributed by atoms with Gasteiger partial charge in [-0.05, 0) is 39.8 Å². The second-order valence-electron chi connectivity index (χ2n) is 4.84. The lowest BCUT2D eigenvalue weighted by Gasteiger charge is -2.31. The molecule has 0 N–H and O–H groups in total. The molecule has 1 aromatic carbocycles. The number of methoxy groups -OCH3 is 1. The number of ether oxygens (including phenoxy) is 1. The van der Waals surface area contributed by atoms with Crippen LogP contribution < -0.4 is 4.74 Å². The van der Waals surface area contributed by atoms with Gasteiger partial charge in [-0.15, -0.1) is 0 Å². The summed E-state index contributed by atoms with van der Waals surface area (Å²) < 4.78 is 5.22. The summed E-state index contributed by atoms with van der Waals surface area (Å²) in [7, 11) is 1.48. The third-order valence-corrected chi connectivity index (χ3v) is 3.44. The molecule has 0 aromatic heterocycles. The fourth-order valence-corrected chi connectivity index (χ4v) is 2.59. The Balaban J connectivity index is 3.36. The summed E-state index contributed by atoms with van der Waals surface area (Å²) in [5.74, 6) is 0.153. The van der Waals surface area contributed by atoms with Crippen molar-refractivity contribution < 1.29 is 9.53 Å². The Morgan fingerprint density at radius 1 is 1.11 bits per heavy atom. The van der Waals surface area contributed by atoms with Crippen LogP contribution >= 0.6 is 23.2 Å². The van der Waals surface area contributed by atoms with E-state index in [1.165, 1.54) is 7.11 Å². The molecule has 19 heavy (non-hydrogen) atoms. The molecule has 0 aliphatic carbocycles. The van der Waals surface area contributed by atoms with Crippen molar-refractivity contribution in [3.63, 3.8) is 0 Å². The molecule has 106 valence electrons. The van der Waals surface area contributed by atoms with Gasteiger partial charge >= 0.3 is 0 Å². The first-order valence-electron chi connectivity index (χ1n) is 6.15. The molecule has 0 heterocycles. The second-order valence-corrected chi connectivity index (χ2v) is 5.65. The zero-order chi connectivity index (χ0) is 14.7. The summed E-state index contributed by atoms with van der Waals surface area (Å²) in [5.41, 5.74) is 0.319. The predicted octanol–water partition coefficient (Wildman–Crippen LogP) is 4.26. The Morgan fingerprint density at radius 2 is 1.58 bits per heavy atom. The van der Waals surface area contributed by atoms with Crippen LogP contribution in [-0.4, -0.2) is 30.0 Å². The number of hydrogen-bond donors (Lipinski definition) is 0. The first-order valence-corrected chi connectivity index (χ1v) is 6.91. The Kier molecular flexibility index (Phi) is 5.50. The van der Waals surface area contributed by atoms with E-state index in [1.807, 2.05) is 27.7 Å². The van der Waals surface area contributed by atoms with Crippen LogP contribution in [0.3, 0.4) is 0 Å². The van der Waals surface area contributed by atoms with Crippen LogP contribution in [0.2, 0.25) is 10.0 Å². The summed E-state index contributed by atoms with van der Waals surface area (Å²) in [6.07, 6.45) is 0. The minimum Gasteiger partial charge on any atom is -0.494 e. The highest BCUT2D eigenvalue weighted by molar-refractivity contribution is 6.37. The van der Waals surface area contributed by atoms with E-state index in [-0.39, 0.29) is 18.0 Å². The fourth-order valence-electron chi connectivity index (χ4n) is 2.13. The van der Waals surface area contributed by atoms with Crippen LogP contribution in [0.15, 0.2) is 12.1 Å². The molecule has 0 spiro atoms. The molecule has 5 heteroatoms. The maximum atomic E-state index is 12.7. The van der Waals surface area contributed by atoms with Crippen LogP contribution in [0.1, 0.15) is 38.1 Å². The molecular weight excluding hydrogens is 285 g/mol. The number of benzene rings is 1. The van der Waals surface area contributed by atoms with E-state index in [2.05, 4.69) is 0 Å². The van der Waals surface area contributed by atoms with E-state index < -0.39 is 0 Å². The van der Waals surface area contributed by atoms with E-state index in [0.29, 0.717) is 21.4 Å². The SMILES string of the molecule is COc1c(Cl)ccc(Cl)c1C(=O)N(C(C)C)C(C)C. The van der Waals surface area contributed by atoms with Crippen LogP contribution in [0.5, 0.6) is 5.75 Å². The molecule has 0 radical (unpaired) electrons. The van der Waals surface area contributed by atoms with Crippen molar-refractivity contribution in [2.75, 3.05) is 7.11 Å². The number of nitrogens with zero attached hydrogens (tertiary/aromatic N) is 1. The maximum absolute atomic E-state index is 12.7. The lowest BCUT2D eigenvalue weighted by Crippen LogP contribution is -2.42. The Labute approximate surface area is 124 Å². The van der Waals surface area contributed by atoms with Crippen molar-refractivity contribution in [3.8, 4) is 5.75 Å². The van der Waals surface area contributed by atoms with Gasteiger partial charge < -0.3 is 9.64 Å². The van der Waals surface area contributed by atoms with Crippen LogP contribution in [0, 0.1) is 0 Å². The van der Waals surface area contributed by atoms with E-state index in [9.17, 15) is 4.79 Å². The minimum absolute atomic E-state index is 0.0623. The predicted molar refractivity (Wildman–Crippen MR) is 79.5 cm³/mol. The number of hydrogen-bond acceptors (Lipinski definition) is 2. The van der Waals surface area contributed by atoms with Gasteiger partial charge in [0.15, 0.2) is 5.75 Å². The monoisotopic (exact) mass is 303 g/mol. The lowest BCUT2D eigenvalue weighted by atomic mass is 10.1. The Hall–Kier alpha value is -0.930. The summed E-state index contributed by atoms with van der Waals surface area (Å²) in [4.78, 5) is 14.4. The smallest absolute Gasteiger partial charge is 0.259 e. The largest absolute Gasteiger partial charge is 0.494 e. The number of rotatable bonds is 4. The van der Waals surface area contributed by atoms with Gasteiger partial charge in [0.05, 0.1) is 17.2 Å². The molecule has 0 saturated heterocycles. The summed E-state index contributed by atoms with van der Waals surface area (Å²) >= 11 is 12.2. The molecule has 1 aromatic rings. The third-order valence-electron chi connectivity index (χ3n) is 2.82. The average molecular weight is 304 g/mol. The third kappa shape index (κ3) is 3.34. The zero-order valence-electron chi connectivity index (χ0n) is 11.8. The molecule has 3 nitrogen and oxygen atoms in total. The molecule has 0 unspecified atom stereocenters. The zero-order valence-corrected chi connectivity index (χ0v) is 13.3. The van der Waals surface area contributed by atoms with Gasteiger partial charge in [-0.1, -0.05) is 23.2 Å². The first kappa shape index (κ1) is 16.1. The van der Waals surface area contributed by atoms with Crippen LogP contribution in [0.4, 0.5) is 0 Å².